The van der Waals surface area contributed by atoms with E-state index in [9.17, 15) is 9.59 Å². The molecule has 2 heterocycles. The van der Waals surface area contributed by atoms with Crippen LogP contribution in [0, 0.1) is 5.92 Å². The van der Waals surface area contributed by atoms with E-state index in [1.54, 1.807) is 0 Å². The quantitative estimate of drug-likeness (QED) is 0.798. The highest BCUT2D eigenvalue weighted by molar-refractivity contribution is 7.08. The number of carbonyl (C=O) groups is 2. The monoisotopic (exact) mass is 407 g/mol. The first-order valence-corrected chi connectivity index (χ1v) is 9.93. The molecule has 7 heteroatoms. The summed E-state index contributed by atoms with van der Waals surface area (Å²) in [6, 6.07) is 11.4. The minimum Gasteiger partial charge on any atom is -0.349 e. The van der Waals surface area contributed by atoms with Gasteiger partial charge in [-0.15, -0.1) is 12.4 Å². The molecular formula is C20H26ClN3O2S. The molecule has 2 aromatic rings. The molecule has 0 radical (unpaired) electrons. The molecule has 3 rings (SSSR count). The van der Waals surface area contributed by atoms with Crippen molar-refractivity contribution >= 4 is 35.6 Å². The third-order valence-corrected chi connectivity index (χ3v) is 5.72. The van der Waals surface area contributed by atoms with Crippen molar-refractivity contribution in [2.45, 2.75) is 31.8 Å². The molecule has 2 unspecified atom stereocenters. The zero-order valence-corrected chi connectivity index (χ0v) is 17.0. The van der Waals surface area contributed by atoms with Crippen molar-refractivity contribution in [3.05, 3.63) is 58.3 Å². The Labute approximate surface area is 170 Å². The third kappa shape index (κ3) is 5.31. The van der Waals surface area contributed by atoms with E-state index in [1.165, 1.54) is 11.3 Å². The highest BCUT2D eigenvalue weighted by Gasteiger charge is 2.30. The minimum absolute atomic E-state index is 0. The summed E-state index contributed by atoms with van der Waals surface area (Å²) in [5.41, 5.74) is 7.97. The van der Waals surface area contributed by atoms with Gasteiger partial charge in [0.15, 0.2) is 0 Å². The molecular weight excluding hydrogens is 382 g/mol. The number of benzene rings is 1. The van der Waals surface area contributed by atoms with Crippen molar-refractivity contribution < 1.29 is 9.59 Å². The van der Waals surface area contributed by atoms with Gasteiger partial charge in [0.1, 0.15) is 0 Å². The van der Waals surface area contributed by atoms with Crippen molar-refractivity contribution in [2.24, 2.45) is 11.7 Å². The Morgan fingerprint density at radius 2 is 1.85 bits per heavy atom. The molecule has 1 aromatic carbocycles. The van der Waals surface area contributed by atoms with Gasteiger partial charge in [0, 0.05) is 36.1 Å². The Morgan fingerprint density at radius 3 is 2.44 bits per heavy atom. The van der Waals surface area contributed by atoms with Crippen LogP contribution in [0.25, 0.3) is 0 Å². The van der Waals surface area contributed by atoms with Crippen LogP contribution >= 0.6 is 23.7 Å². The van der Waals surface area contributed by atoms with Gasteiger partial charge in [0.05, 0.1) is 5.92 Å². The van der Waals surface area contributed by atoms with Crippen LogP contribution in [0.2, 0.25) is 0 Å². The molecule has 0 saturated carbocycles. The molecule has 1 aliphatic rings. The van der Waals surface area contributed by atoms with Crippen LogP contribution in [-0.2, 0) is 4.79 Å². The van der Waals surface area contributed by atoms with Gasteiger partial charge in [0.2, 0.25) is 5.91 Å². The molecule has 1 aromatic heterocycles. The number of carbonyl (C=O) groups excluding carboxylic acids is 2. The highest BCUT2D eigenvalue weighted by atomic mass is 35.5. The third-order valence-electron chi connectivity index (χ3n) is 5.04. The topological polar surface area (TPSA) is 75.4 Å². The van der Waals surface area contributed by atoms with Gasteiger partial charge in [-0.05, 0) is 29.9 Å². The Kier molecular flexibility index (Phi) is 7.83. The van der Waals surface area contributed by atoms with Crippen molar-refractivity contribution in [2.75, 3.05) is 13.1 Å². The lowest BCUT2D eigenvalue weighted by Gasteiger charge is -2.35. The van der Waals surface area contributed by atoms with Gasteiger partial charge >= 0.3 is 0 Å². The van der Waals surface area contributed by atoms with Crippen LogP contribution in [-0.4, -0.2) is 35.8 Å². The Hall–Kier alpha value is -1.89. The van der Waals surface area contributed by atoms with E-state index in [2.05, 4.69) is 5.32 Å². The van der Waals surface area contributed by atoms with Crippen molar-refractivity contribution in [3.8, 4) is 0 Å². The molecule has 1 aliphatic heterocycles. The minimum atomic E-state index is -0.306. The fourth-order valence-electron chi connectivity index (χ4n) is 3.31. The summed E-state index contributed by atoms with van der Waals surface area (Å²) < 4.78 is 0. The van der Waals surface area contributed by atoms with E-state index >= 15 is 0 Å². The average Bonchev–Trinajstić information content (AvgIpc) is 3.22. The molecule has 3 N–H and O–H groups in total. The first kappa shape index (κ1) is 21.4. The van der Waals surface area contributed by atoms with Crippen molar-refractivity contribution in [1.82, 2.24) is 10.2 Å². The Balaban J connectivity index is 0.00000261. The standard InChI is InChI=1S/C20H25N3O2S.ClH/c1-14(18(21)15-5-3-2-4-6-15)20(25)23-10-7-17(8-11-23)22-19(24)16-9-12-26-13-16;/h2-6,9,12-14,17-18H,7-8,10-11,21H2,1H3,(H,22,24);1H. The summed E-state index contributed by atoms with van der Waals surface area (Å²) in [4.78, 5) is 26.8. The van der Waals surface area contributed by atoms with Gasteiger partial charge in [-0.2, -0.15) is 11.3 Å². The van der Waals surface area contributed by atoms with E-state index in [-0.39, 0.29) is 42.2 Å². The first-order chi connectivity index (χ1) is 12.6. The molecule has 1 saturated heterocycles. The number of amides is 2. The van der Waals surface area contributed by atoms with Gasteiger partial charge in [0.25, 0.3) is 5.91 Å². The number of hydrogen-bond acceptors (Lipinski definition) is 4. The van der Waals surface area contributed by atoms with Crippen LogP contribution in [0.15, 0.2) is 47.2 Å². The number of hydrogen-bond donors (Lipinski definition) is 2. The average molecular weight is 408 g/mol. The summed E-state index contributed by atoms with van der Waals surface area (Å²) in [5.74, 6) is -0.214. The second-order valence-electron chi connectivity index (χ2n) is 6.81. The summed E-state index contributed by atoms with van der Waals surface area (Å²) >= 11 is 1.51. The lowest BCUT2D eigenvalue weighted by atomic mass is 9.93. The fraction of sp³-hybridized carbons (Fsp3) is 0.400. The lowest BCUT2D eigenvalue weighted by molar-refractivity contribution is -0.136. The van der Waals surface area contributed by atoms with Crippen LogP contribution in [0.4, 0.5) is 0 Å². The fourth-order valence-corrected chi connectivity index (χ4v) is 3.95. The molecule has 1 fully saturated rings. The first-order valence-electron chi connectivity index (χ1n) is 8.98. The zero-order valence-electron chi connectivity index (χ0n) is 15.3. The van der Waals surface area contributed by atoms with E-state index < -0.39 is 0 Å². The predicted octanol–water partition coefficient (Wildman–Crippen LogP) is 3.23. The van der Waals surface area contributed by atoms with Gasteiger partial charge < -0.3 is 16.0 Å². The molecule has 27 heavy (non-hydrogen) atoms. The molecule has 146 valence electrons. The smallest absolute Gasteiger partial charge is 0.252 e. The van der Waals surface area contributed by atoms with Crippen molar-refractivity contribution in [1.29, 1.82) is 0 Å². The number of nitrogens with zero attached hydrogens (tertiary/aromatic N) is 1. The largest absolute Gasteiger partial charge is 0.349 e. The summed E-state index contributed by atoms with van der Waals surface area (Å²) in [6.45, 7) is 3.20. The summed E-state index contributed by atoms with van der Waals surface area (Å²) in [5, 5.41) is 6.81. The molecule has 0 aliphatic carbocycles. The van der Waals surface area contributed by atoms with Gasteiger partial charge in [-0.3, -0.25) is 9.59 Å². The second kappa shape index (κ2) is 9.88. The van der Waals surface area contributed by atoms with E-state index in [0.29, 0.717) is 18.7 Å². The Bertz CT molecular complexity index is 731. The maximum absolute atomic E-state index is 12.8. The predicted molar refractivity (Wildman–Crippen MR) is 111 cm³/mol. The maximum atomic E-state index is 12.8. The zero-order chi connectivity index (χ0) is 18.5. The number of nitrogens with one attached hydrogen (secondary N) is 1. The van der Waals surface area contributed by atoms with Gasteiger partial charge in [-0.1, -0.05) is 37.3 Å². The number of nitrogens with two attached hydrogens (primary N) is 1. The number of likely N-dealkylation sites (tertiary alicyclic amines) is 1. The maximum Gasteiger partial charge on any atom is 0.252 e. The highest BCUT2D eigenvalue weighted by Crippen LogP contribution is 2.23. The summed E-state index contributed by atoms with van der Waals surface area (Å²) in [6.07, 6.45) is 1.55. The van der Waals surface area contributed by atoms with E-state index in [1.807, 2.05) is 59.0 Å². The molecule has 0 bridgehead atoms. The van der Waals surface area contributed by atoms with E-state index in [4.69, 9.17) is 5.73 Å². The SMILES string of the molecule is CC(C(=O)N1CCC(NC(=O)c2ccsc2)CC1)C(N)c1ccccc1.Cl. The Morgan fingerprint density at radius 1 is 1.19 bits per heavy atom. The number of thiophene rings is 1. The molecule has 2 amide bonds. The van der Waals surface area contributed by atoms with Crippen LogP contribution in [0.3, 0.4) is 0 Å². The number of halogens is 1. The van der Waals surface area contributed by atoms with Crippen LogP contribution in [0.5, 0.6) is 0 Å². The van der Waals surface area contributed by atoms with Crippen molar-refractivity contribution in [3.63, 3.8) is 0 Å². The normalized spacial score (nSPS) is 16.9. The van der Waals surface area contributed by atoms with E-state index in [0.717, 1.165) is 18.4 Å². The second-order valence-corrected chi connectivity index (χ2v) is 7.59. The number of rotatable bonds is 5. The van der Waals surface area contributed by atoms with Crippen LogP contribution < -0.4 is 11.1 Å². The lowest BCUT2D eigenvalue weighted by Crippen LogP contribution is -2.48. The summed E-state index contributed by atoms with van der Waals surface area (Å²) in [7, 11) is 0. The number of piperidine rings is 1. The molecule has 0 spiro atoms. The van der Waals surface area contributed by atoms with Gasteiger partial charge in [-0.25, -0.2) is 0 Å². The molecule has 5 nitrogen and oxygen atoms in total. The van der Waals surface area contributed by atoms with Crippen LogP contribution in [0.1, 0.15) is 41.7 Å². The molecule has 2 atom stereocenters.